The highest BCUT2D eigenvalue weighted by atomic mass is 32.1. The molecule has 0 fully saturated rings. The number of hydrogen-bond acceptors (Lipinski definition) is 4. The first kappa shape index (κ1) is 10.8. The summed E-state index contributed by atoms with van der Waals surface area (Å²) in [7, 11) is 3.23. The molecule has 0 amide bonds. The van der Waals surface area contributed by atoms with Crippen LogP contribution in [0.15, 0.2) is 35.0 Å². The first-order valence-corrected chi connectivity index (χ1v) is 5.69. The molecule has 0 N–H and O–H groups in total. The third-order valence-electron chi connectivity index (χ3n) is 2.06. The van der Waals surface area contributed by atoms with Gasteiger partial charge in [0.25, 0.3) is 0 Å². The summed E-state index contributed by atoms with van der Waals surface area (Å²) in [5, 5.41) is 3.90. The number of rotatable bonds is 4. The second-order valence-electron chi connectivity index (χ2n) is 3.11. The summed E-state index contributed by atoms with van der Waals surface area (Å²) in [5.74, 6) is 2.95. The van der Waals surface area contributed by atoms with Crippen LogP contribution in [0, 0.1) is 0 Å². The fourth-order valence-corrected chi connectivity index (χ4v) is 1.84. The molecule has 1 aromatic heterocycles. The van der Waals surface area contributed by atoms with E-state index in [-0.39, 0.29) is 0 Å². The van der Waals surface area contributed by atoms with Crippen LogP contribution in [0.25, 0.3) is 0 Å². The maximum Gasteiger partial charge on any atom is 0.138 e. The smallest absolute Gasteiger partial charge is 0.138 e. The second kappa shape index (κ2) is 4.90. The monoisotopic (exact) mass is 236 g/mol. The van der Waals surface area contributed by atoms with Crippen molar-refractivity contribution in [1.29, 1.82) is 0 Å². The fourth-order valence-electron chi connectivity index (χ4n) is 1.29. The molecule has 1 heterocycles. The van der Waals surface area contributed by atoms with Gasteiger partial charge in [0.15, 0.2) is 0 Å². The predicted octanol–water partition coefficient (Wildman–Crippen LogP) is 3.56. The van der Waals surface area contributed by atoms with E-state index in [1.807, 2.05) is 29.0 Å². The van der Waals surface area contributed by atoms with E-state index in [1.54, 1.807) is 31.6 Å². The van der Waals surface area contributed by atoms with Gasteiger partial charge in [-0.25, -0.2) is 0 Å². The largest absolute Gasteiger partial charge is 0.496 e. The third-order valence-corrected chi connectivity index (χ3v) is 2.72. The van der Waals surface area contributed by atoms with Crippen LogP contribution >= 0.6 is 11.3 Å². The Morgan fingerprint density at radius 2 is 1.50 bits per heavy atom. The highest BCUT2D eigenvalue weighted by molar-refractivity contribution is 7.08. The quantitative estimate of drug-likeness (QED) is 0.812. The maximum absolute atomic E-state index is 5.65. The van der Waals surface area contributed by atoms with Gasteiger partial charge >= 0.3 is 0 Å². The van der Waals surface area contributed by atoms with Crippen LogP contribution in [-0.2, 0) is 0 Å². The summed E-state index contributed by atoms with van der Waals surface area (Å²) in [6.45, 7) is 0. The van der Waals surface area contributed by atoms with Crippen LogP contribution in [0.3, 0.4) is 0 Å². The predicted molar refractivity (Wildman–Crippen MR) is 63.9 cm³/mol. The number of hydrogen-bond donors (Lipinski definition) is 0. The van der Waals surface area contributed by atoms with Crippen LogP contribution in [-0.4, -0.2) is 14.2 Å². The Morgan fingerprint density at radius 3 is 2.00 bits per heavy atom. The highest BCUT2D eigenvalue weighted by Gasteiger charge is 2.04. The van der Waals surface area contributed by atoms with E-state index >= 15 is 0 Å². The van der Waals surface area contributed by atoms with Crippen LogP contribution in [0.1, 0.15) is 0 Å². The average molecular weight is 236 g/mol. The standard InChI is InChI=1S/C12H12O3S/c1-13-10-5-11(14-2)7-12(6-10)15-9-3-4-16-8-9/h3-8H,1-2H3. The first-order valence-electron chi connectivity index (χ1n) is 4.75. The van der Waals surface area contributed by atoms with Gasteiger partial charge in [0.1, 0.15) is 23.0 Å². The van der Waals surface area contributed by atoms with Gasteiger partial charge in [-0.05, 0) is 11.4 Å². The van der Waals surface area contributed by atoms with Crippen molar-refractivity contribution in [1.82, 2.24) is 0 Å². The molecule has 3 nitrogen and oxygen atoms in total. The molecule has 0 aliphatic heterocycles. The lowest BCUT2D eigenvalue weighted by atomic mass is 10.3. The zero-order valence-electron chi connectivity index (χ0n) is 9.10. The van der Waals surface area contributed by atoms with Gasteiger partial charge in [0.05, 0.1) is 14.2 Å². The van der Waals surface area contributed by atoms with Crippen molar-refractivity contribution in [2.75, 3.05) is 14.2 Å². The van der Waals surface area contributed by atoms with Crippen molar-refractivity contribution in [2.45, 2.75) is 0 Å². The normalized spacial score (nSPS) is 9.88. The molecule has 0 radical (unpaired) electrons. The molecule has 1 aromatic carbocycles. The second-order valence-corrected chi connectivity index (χ2v) is 3.89. The van der Waals surface area contributed by atoms with Crippen molar-refractivity contribution >= 4 is 11.3 Å². The molecule has 2 aromatic rings. The van der Waals surface area contributed by atoms with Crippen molar-refractivity contribution in [3.63, 3.8) is 0 Å². The zero-order chi connectivity index (χ0) is 11.4. The van der Waals surface area contributed by atoms with Gasteiger partial charge in [0, 0.05) is 23.6 Å². The Morgan fingerprint density at radius 1 is 0.875 bits per heavy atom. The van der Waals surface area contributed by atoms with Gasteiger partial charge < -0.3 is 14.2 Å². The maximum atomic E-state index is 5.65. The first-order chi connectivity index (χ1) is 7.81. The molecule has 0 saturated carbocycles. The lowest BCUT2D eigenvalue weighted by molar-refractivity contribution is 0.386. The van der Waals surface area contributed by atoms with Gasteiger partial charge in [-0.3, -0.25) is 0 Å². The SMILES string of the molecule is COc1cc(OC)cc(Oc2ccsc2)c1. The number of thiophene rings is 1. The molecule has 0 spiro atoms. The van der Waals surface area contributed by atoms with Crippen molar-refractivity contribution in [3.8, 4) is 23.0 Å². The molecule has 0 unspecified atom stereocenters. The molecule has 0 bridgehead atoms. The molecular formula is C12H12O3S. The Labute approximate surface area is 98.2 Å². The zero-order valence-corrected chi connectivity index (χ0v) is 9.91. The van der Waals surface area contributed by atoms with Crippen LogP contribution in [0.5, 0.6) is 23.0 Å². The Balaban J connectivity index is 2.26. The van der Waals surface area contributed by atoms with Crippen molar-refractivity contribution < 1.29 is 14.2 Å². The molecule has 84 valence electrons. The lowest BCUT2D eigenvalue weighted by Crippen LogP contribution is -1.89. The average Bonchev–Trinajstić information content (AvgIpc) is 2.81. The fraction of sp³-hybridized carbons (Fsp3) is 0.167. The van der Waals surface area contributed by atoms with E-state index in [9.17, 15) is 0 Å². The summed E-state index contributed by atoms with van der Waals surface area (Å²) in [5.41, 5.74) is 0. The van der Waals surface area contributed by atoms with Gasteiger partial charge in [-0.15, -0.1) is 11.3 Å². The lowest BCUT2D eigenvalue weighted by Gasteiger charge is -2.08. The van der Waals surface area contributed by atoms with Gasteiger partial charge in [-0.2, -0.15) is 0 Å². The Bertz CT molecular complexity index is 429. The van der Waals surface area contributed by atoms with E-state index in [4.69, 9.17) is 14.2 Å². The van der Waals surface area contributed by atoms with Gasteiger partial charge in [0.2, 0.25) is 0 Å². The molecule has 0 atom stereocenters. The minimum Gasteiger partial charge on any atom is -0.496 e. The highest BCUT2D eigenvalue weighted by Crippen LogP contribution is 2.31. The summed E-state index contributed by atoms with van der Waals surface area (Å²) in [4.78, 5) is 0. The molecule has 2 rings (SSSR count). The molecule has 16 heavy (non-hydrogen) atoms. The molecular weight excluding hydrogens is 224 g/mol. The summed E-state index contributed by atoms with van der Waals surface area (Å²) in [6, 6.07) is 7.36. The van der Waals surface area contributed by atoms with Crippen molar-refractivity contribution in [2.24, 2.45) is 0 Å². The van der Waals surface area contributed by atoms with Crippen LogP contribution in [0.4, 0.5) is 0 Å². The Hall–Kier alpha value is -1.68. The summed E-state index contributed by atoms with van der Waals surface area (Å²) < 4.78 is 16.0. The van der Waals surface area contributed by atoms with E-state index in [0.29, 0.717) is 17.2 Å². The molecule has 0 aliphatic rings. The molecule has 0 aliphatic carbocycles. The van der Waals surface area contributed by atoms with E-state index < -0.39 is 0 Å². The van der Waals surface area contributed by atoms with E-state index in [2.05, 4.69) is 0 Å². The van der Waals surface area contributed by atoms with Gasteiger partial charge in [-0.1, -0.05) is 0 Å². The molecule has 0 saturated heterocycles. The Kier molecular flexibility index (Phi) is 3.31. The topological polar surface area (TPSA) is 27.7 Å². The van der Waals surface area contributed by atoms with E-state index in [1.165, 1.54) is 0 Å². The number of methoxy groups -OCH3 is 2. The van der Waals surface area contributed by atoms with Crippen LogP contribution < -0.4 is 14.2 Å². The minimum atomic E-state index is 0.703. The number of benzene rings is 1. The minimum absolute atomic E-state index is 0.703. The number of ether oxygens (including phenoxy) is 3. The summed E-state index contributed by atoms with van der Waals surface area (Å²) >= 11 is 1.59. The third kappa shape index (κ3) is 2.46. The van der Waals surface area contributed by atoms with Crippen LogP contribution in [0.2, 0.25) is 0 Å². The summed E-state index contributed by atoms with van der Waals surface area (Å²) in [6.07, 6.45) is 0. The van der Waals surface area contributed by atoms with Crippen molar-refractivity contribution in [3.05, 3.63) is 35.0 Å². The van der Waals surface area contributed by atoms with E-state index in [0.717, 1.165) is 5.75 Å². The molecule has 4 heteroatoms.